The second-order valence-electron chi connectivity index (χ2n) is 3.68. The Kier molecular flexibility index (Phi) is 3.79. The fourth-order valence-corrected chi connectivity index (χ4v) is 1.64. The topological polar surface area (TPSA) is 54.9 Å². The van der Waals surface area contributed by atoms with Gasteiger partial charge in [0.1, 0.15) is 5.56 Å². The summed E-state index contributed by atoms with van der Waals surface area (Å²) in [7, 11) is 0. The first kappa shape index (κ1) is 13.5. The molecule has 1 aromatic heterocycles. The third kappa shape index (κ3) is 2.78. The van der Waals surface area contributed by atoms with Gasteiger partial charge in [-0.1, -0.05) is 13.8 Å². The van der Waals surface area contributed by atoms with Crippen LogP contribution in [0.1, 0.15) is 38.3 Å². The number of alkyl halides is 3. The largest absolute Gasteiger partial charge is 0.423 e. The highest BCUT2D eigenvalue weighted by molar-refractivity contribution is 5.09. The van der Waals surface area contributed by atoms with E-state index in [1.165, 1.54) is 0 Å². The van der Waals surface area contributed by atoms with Crippen molar-refractivity contribution in [3.05, 3.63) is 32.6 Å². The van der Waals surface area contributed by atoms with Crippen molar-refractivity contribution in [2.24, 2.45) is 0 Å². The first-order valence-corrected chi connectivity index (χ1v) is 5.23. The summed E-state index contributed by atoms with van der Waals surface area (Å²) in [6, 6.07) is -0.347. The Balaban J connectivity index is 3.44. The van der Waals surface area contributed by atoms with Crippen LogP contribution >= 0.6 is 0 Å². The minimum Gasteiger partial charge on any atom is -0.297 e. The SMILES string of the molecule is CCC(CC)n1cc(C(F)(F)F)c(=O)[nH]c1=O. The lowest BCUT2D eigenvalue weighted by atomic mass is 10.1. The Hall–Kier alpha value is -1.53. The van der Waals surface area contributed by atoms with Crippen LogP contribution in [0, 0.1) is 0 Å². The van der Waals surface area contributed by atoms with Crippen LogP contribution in [-0.2, 0) is 6.18 Å². The van der Waals surface area contributed by atoms with Gasteiger partial charge in [-0.3, -0.25) is 14.3 Å². The first-order valence-electron chi connectivity index (χ1n) is 5.23. The lowest BCUT2D eigenvalue weighted by Gasteiger charge is -2.17. The maximum absolute atomic E-state index is 12.5. The fraction of sp³-hybridized carbons (Fsp3) is 0.600. The van der Waals surface area contributed by atoms with E-state index in [9.17, 15) is 22.8 Å². The minimum atomic E-state index is -4.75. The van der Waals surface area contributed by atoms with Crippen molar-refractivity contribution in [1.82, 2.24) is 9.55 Å². The lowest BCUT2D eigenvalue weighted by molar-refractivity contribution is -0.139. The molecular weight excluding hydrogens is 237 g/mol. The molecular formula is C10H13F3N2O2. The third-order valence-corrected chi connectivity index (χ3v) is 2.61. The van der Waals surface area contributed by atoms with Crippen LogP contribution < -0.4 is 11.2 Å². The molecule has 0 atom stereocenters. The van der Waals surface area contributed by atoms with Gasteiger partial charge in [0.2, 0.25) is 0 Å². The average Bonchev–Trinajstić information content (AvgIpc) is 2.20. The number of aromatic amines is 1. The van der Waals surface area contributed by atoms with Crippen LogP contribution in [-0.4, -0.2) is 9.55 Å². The van der Waals surface area contributed by atoms with Crippen molar-refractivity contribution in [3.63, 3.8) is 0 Å². The highest BCUT2D eigenvalue weighted by atomic mass is 19.4. The summed E-state index contributed by atoms with van der Waals surface area (Å²) in [6.45, 7) is 3.53. The molecule has 96 valence electrons. The lowest BCUT2D eigenvalue weighted by Crippen LogP contribution is -2.36. The Morgan fingerprint density at radius 2 is 1.82 bits per heavy atom. The second-order valence-corrected chi connectivity index (χ2v) is 3.68. The summed E-state index contributed by atoms with van der Waals surface area (Å²) in [5.41, 5.74) is -3.55. The number of nitrogens with one attached hydrogen (secondary N) is 1. The normalized spacial score (nSPS) is 12.1. The maximum Gasteiger partial charge on any atom is 0.423 e. The van der Waals surface area contributed by atoms with Crippen molar-refractivity contribution >= 4 is 0 Å². The van der Waals surface area contributed by atoms with Gasteiger partial charge in [-0.05, 0) is 12.8 Å². The molecule has 1 rings (SSSR count). The molecule has 0 bridgehead atoms. The summed E-state index contributed by atoms with van der Waals surface area (Å²) in [4.78, 5) is 24.2. The summed E-state index contributed by atoms with van der Waals surface area (Å²) in [6.07, 6.45) is -3.13. The predicted octanol–water partition coefficient (Wildman–Crippen LogP) is 1.92. The number of hydrogen-bond donors (Lipinski definition) is 1. The zero-order valence-electron chi connectivity index (χ0n) is 9.47. The van der Waals surface area contributed by atoms with Crippen molar-refractivity contribution in [2.75, 3.05) is 0 Å². The van der Waals surface area contributed by atoms with E-state index in [1.807, 2.05) is 0 Å². The van der Waals surface area contributed by atoms with E-state index in [1.54, 1.807) is 18.8 Å². The van der Waals surface area contributed by atoms with E-state index < -0.39 is 23.0 Å². The van der Waals surface area contributed by atoms with Crippen LogP contribution in [0.2, 0.25) is 0 Å². The molecule has 7 heteroatoms. The molecule has 17 heavy (non-hydrogen) atoms. The van der Waals surface area contributed by atoms with Crippen LogP contribution in [0.4, 0.5) is 13.2 Å². The molecule has 0 spiro atoms. The van der Waals surface area contributed by atoms with E-state index in [4.69, 9.17) is 0 Å². The van der Waals surface area contributed by atoms with Gasteiger partial charge in [-0.15, -0.1) is 0 Å². The number of hydrogen-bond acceptors (Lipinski definition) is 2. The fourth-order valence-electron chi connectivity index (χ4n) is 1.64. The van der Waals surface area contributed by atoms with Crippen LogP contribution in [0.3, 0.4) is 0 Å². The standard InChI is InChI=1S/C10H13F3N2O2/c1-3-6(4-2)15-5-7(10(11,12)13)8(16)14-9(15)17/h5-6H,3-4H2,1-2H3,(H,14,16,17). The molecule has 1 aromatic rings. The number of nitrogens with zero attached hydrogens (tertiary/aromatic N) is 1. The molecule has 0 saturated heterocycles. The van der Waals surface area contributed by atoms with E-state index >= 15 is 0 Å². The zero-order chi connectivity index (χ0) is 13.2. The van der Waals surface area contributed by atoms with Crippen molar-refractivity contribution in [3.8, 4) is 0 Å². The average molecular weight is 250 g/mol. The summed E-state index contributed by atoms with van der Waals surface area (Å²) in [5.74, 6) is 0. The van der Waals surface area contributed by atoms with Gasteiger partial charge in [0.15, 0.2) is 0 Å². The molecule has 0 saturated carbocycles. The van der Waals surface area contributed by atoms with Crippen LogP contribution in [0.25, 0.3) is 0 Å². The number of H-pyrrole nitrogens is 1. The van der Waals surface area contributed by atoms with E-state index in [2.05, 4.69) is 0 Å². The van der Waals surface area contributed by atoms with Crippen molar-refractivity contribution in [2.45, 2.75) is 38.9 Å². The first-order chi connectivity index (χ1) is 7.81. The molecule has 0 aromatic carbocycles. The second kappa shape index (κ2) is 4.77. The summed E-state index contributed by atoms with van der Waals surface area (Å²) >= 11 is 0. The number of halogens is 3. The Bertz CT molecular complexity index is 497. The molecule has 0 aliphatic heterocycles. The summed E-state index contributed by atoms with van der Waals surface area (Å²) < 4.78 is 38.4. The molecule has 0 unspecified atom stereocenters. The van der Waals surface area contributed by atoms with Gasteiger partial charge in [0, 0.05) is 12.2 Å². The molecule has 0 aliphatic carbocycles. The highest BCUT2D eigenvalue weighted by Gasteiger charge is 2.35. The maximum atomic E-state index is 12.5. The van der Waals surface area contributed by atoms with Gasteiger partial charge >= 0.3 is 11.9 Å². The van der Waals surface area contributed by atoms with Crippen molar-refractivity contribution < 1.29 is 13.2 Å². The van der Waals surface area contributed by atoms with Crippen LogP contribution in [0.15, 0.2) is 15.8 Å². The Morgan fingerprint density at radius 1 is 1.29 bits per heavy atom. The molecule has 1 heterocycles. The predicted molar refractivity (Wildman–Crippen MR) is 55.9 cm³/mol. The molecule has 4 nitrogen and oxygen atoms in total. The minimum absolute atomic E-state index is 0.347. The summed E-state index contributed by atoms with van der Waals surface area (Å²) in [5, 5.41) is 0. The Morgan fingerprint density at radius 3 is 2.24 bits per heavy atom. The third-order valence-electron chi connectivity index (χ3n) is 2.61. The van der Waals surface area contributed by atoms with Gasteiger partial charge < -0.3 is 0 Å². The monoisotopic (exact) mass is 250 g/mol. The zero-order valence-corrected chi connectivity index (χ0v) is 9.47. The van der Waals surface area contributed by atoms with E-state index in [0.29, 0.717) is 19.0 Å². The highest BCUT2D eigenvalue weighted by Crippen LogP contribution is 2.26. The molecule has 0 aliphatic rings. The molecule has 0 amide bonds. The quantitative estimate of drug-likeness (QED) is 0.891. The van der Waals surface area contributed by atoms with E-state index in [0.717, 1.165) is 4.57 Å². The van der Waals surface area contributed by atoms with Gasteiger partial charge in [0.25, 0.3) is 5.56 Å². The van der Waals surface area contributed by atoms with Crippen LogP contribution in [0.5, 0.6) is 0 Å². The molecule has 0 radical (unpaired) electrons. The number of rotatable bonds is 3. The van der Waals surface area contributed by atoms with Crippen molar-refractivity contribution in [1.29, 1.82) is 0 Å². The number of aromatic nitrogens is 2. The van der Waals surface area contributed by atoms with Gasteiger partial charge in [-0.25, -0.2) is 4.79 Å². The van der Waals surface area contributed by atoms with Gasteiger partial charge in [-0.2, -0.15) is 13.2 Å². The van der Waals surface area contributed by atoms with Gasteiger partial charge in [0.05, 0.1) is 0 Å². The van der Waals surface area contributed by atoms with E-state index in [-0.39, 0.29) is 6.04 Å². The molecule has 1 N–H and O–H groups in total. The molecule has 0 fully saturated rings. The smallest absolute Gasteiger partial charge is 0.297 e. The Labute approximate surface area is 95.1 Å².